The third-order valence-electron chi connectivity index (χ3n) is 3.62. The van der Waals surface area contributed by atoms with Crippen molar-refractivity contribution < 1.29 is 4.79 Å². The second-order valence-corrected chi connectivity index (χ2v) is 5.83. The van der Waals surface area contributed by atoms with Crippen molar-refractivity contribution in [3.8, 4) is 0 Å². The van der Waals surface area contributed by atoms with Crippen LogP contribution in [0.1, 0.15) is 36.3 Å². The fourth-order valence-corrected chi connectivity index (χ4v) is 3.27. The van der Waals surface area contributed by atoms with E-state index in [4.69, 9.17) is 0 Å². The minimum Gasteiger partial charge on any atom is -0.362 e. The zero-order chi connectivity index (χ0) is 14.7. The van der Waals surface area contributed by atoms with Crippen LogP contribution in [-0.4, -0.2) is 50.4 Å². The van der Waals surface area contributed by atoms with Crippen LogP contribution in [0.15, 0.2) is 17.8 Å². The maximum Gasteiger partial charge on any atom is 0.273 e. The van der Waals surface area contributed by atoms with Crippen LogP contribution >= 0.6 is 11.3 Å². The number of thiazole rings is 1. The molecule has 112 valence electrons. The SMILES string of the molecule is CCNc1nc(C(=O)N2CCC(n3ccnn3)CC2)cs1. The highest BCUT2D eigenvalue weighted by Crippen LogP contribution is 2.23. The molecule has 0 bridgehead atoms. The van der Waals surface area contributed by atoms with Crippen molar-refractivity contribution in [1.29, 1.82) is 0 Å². The Morgan fingerprint density at radius 3 is 2.95 bits per heavy atom. The quantitative estimate of drug-likeness (QED) is 0.929. The van der Waals surface area contributed by atoms with Crippen LogP contribution in [0.4, 0.5) is 5.13 Å². The summed E-state index contributed by atoms with van der Waals surface area (Å²) >= 11 is 1.47. The van der Waals surface area contributed by atoms with Gasteiger partial charge in [0.25, 0.3) is 5.91 Å². The number of aromatic nitrogens is 4. The molecule has 1 aliphatic rings. The summed E-state index contributed by atoms with van der Waals surface area (Å²) in [5, 5.41) is 13.6. The van der Waals surface area contributed by atoms with Gasteiger partial charge in [0, 0.05) is 31.2 Å². The molecule has 7 nitrogen and oxygen atoms in total. The van der Waals surface area contributed by atoms with E-state index in [2.05, 4.69) is 20.6 Å². The predicted molar refractivity (Wildman–Crippen MR) is 80.5 cm³/mol. The van der Waals surface area contributed by atoms with Crippen molar-refractivity contribution in [2.45, 2.75) is 25.8 Å². The molecule has 1 N–H and O–H groups in total. The molecule has 0 spiro atoms. The summed E-state index contributed by atoms with van der Waals surface area (Å²) in [7, 11) is 0. The largest absolute Gasteiger partial charge is 0.362 e. The first kappa shape index (κ1) is 14.0. The summed E-state index contributed by atoms with van der Waals surface area (Å²) in [6, 6.07) is 0.337. The van der Waals surface area contributed by atoms with Crippen molar-refractivity contribution in [2.75, 3.05) is 25.0 Å². The average Bonchev–Trinajstić information content (AvgIpc) is 3.19. The summed E-state index contributed by atoms with van der Waals surface area (Å²) in [5.41, 5.74) is 0.537. The second kappa shape index (κ2) is 6.21. The number of nitrogens with one attached hydrogen (secondary N) is 1. The van der Waals surface area contributed by atoms with Gasteiger partial charge in [-0.3, -0.25) is 4.79 Å². The predicted octanol–water partition coefficient (Wildman–Crippen LogP) is 1.64. The average molecular weight is 306 g/mol. The molecule has 0 unspecified atom stereocenters. The van der Waals surface area contributed by atoms with Gasteiger partial charge in [-0.1, -0.05) is 5.21 Å². The number of nitrogens with zero attached hydrogens (tertiary/aromatic N) is 5. The van der Waals surface area contributed by atoms with Crippen molar-refractivity contribution in [1.82, 2.24) is 24.9 Å². The molecule has 3 heterocycles. The fraction of sp³-hybridized carbons (Fsp3) is 0.538. The molecule has 0 atom stereocenters. The minimum absolute atomic E-state index is 0.0208. The Hall–Kier alpha value is -1.96. The van der Waals surface area contributed by atoms with Crippen LogP contribution in [0.25, 0.3) is 0 Å². The van der Waals surface area contributed by atoms with Gasteiger partial charge < -0.3 is 10.2 Å². The topological polar surface area (TPSA) is 75.9 Å². The number of rotatable bonds is 4. The maximum atomic E-state index is 12.4. The van der Waals surface area contributed by atoms with Gasteiger partial charge >= 0.3 is 0 Å². The van der Waals surface area contributed by atoms with Gasteiger partial charge in [-0.15, -0.1) is 16.4 Å². The van der Waals surface area contributed by atoms with Crippen LogP contribution in [0, 0.1) is 0 Å². The number of hydrogen-bond donors (Lipinski definition) is 1. The molecule has 0 saturated carbocycles. The molecule has 1 saturated heterocycles. The molecular formula is C13H18N6OS. The Morgan fingerprint density at radius 2 is 2.29 bits per heavy atom. The van der Waals surface area contributed by atoms with E-state index in [-0.39, 0.29) is 5.91 Å². The third-order valence-corrected chi connectivity index (χ3v) is 4.42. The second-order valence-electron chi connectivity index (χ2n) is 4.97. The van der Waals surface area contributed by atoms with Gasteiger partial charge in [0.1, 0.15) is 5.69 Å². The van der Waals surface area contributed by atoms with E-state index >= 15 is 0 Å². The van der Waals surface area contributed by atoms with Crippen molar-refractivity contribution in [2.24, 2.45) is 0 Å². The number of likely N-dealkylation sites (tertiary alicyclic amines) is 1. The molecule has 0 aliphatic carbocycles. The highest BCUT2D eigenvalue weighted by molar-refractivity contribution is 7.13. The first-order valence-corrected chi connectivity index (χ1v) is 8.00. The van der Waals surface area contributed by atoms with Crippen LogP contribution in [-0.2, 0) is 0 Å². The molecule has 0 radical (unpaired) electrons. The van der Waals surface area contributed by atoms with Gasteiger partial charge in [-0.05, 0) is 19.8 Å². The monoisotopic (exact) mass is 306 g/mol. The summed E-state index contributed by atoms with van der Waals surface area (Å²) in [4.78, 5) is 18.6. The molecule has 1 fully saturated rings. The van der Waals surface area contributed by atoms with E-state index in [1.54, 1.807) is 6.20 Å². The highest BCUT2D eigenvalue weighted by Gasteiger charge is 2.26. The van der Waals surface area contributed by atoms with E-state index in [1.807, 2.05) is 28.1 Å². The summed E-state index contributed by atoms with van der Waals surface area (Å²) in [5.74, 6) is 0.0208. The molecule has 0 aromatic carbocycles. The van der Waals surface area contributed by atoms with E-state index in [9.17, 15) is 4.79 Å². The molecule has 2 aromatic heterocycles. The number of carbonyl (C=O) groups is 1. The van der Waals surface area contributed by atoms with E-state index in [0.29, 0.717) is 11.7 Å². The standard InChI is InChI=1S/C13H18N6OS/c1-2-14-13-16-11(9-21-13)12(20)18-6-3-10(4-7-18)19-8-5-15-17-19/h5,8-10H,2-4,6-7H2,1H3,(H,14,16). The van der Waals surface area contributed by atoms with Gasteiger partial charge in [0.15, 0.2) is 5.13 Å². The number of carbonyl (C=O) groups excluding carboxylic acids is 1. The zero-order valence-electron chi connectivity index (χ0n) is 11.9. The number of piperidine rings is 1. The number of amides is 1. The molecule has 3 rings (SSSR count). The van der Waals surface area contributed by atoms with Crippen molar-refractivity contribution >= 4 is 22.4 Å². The van der Waals surface area contributed by atoms with Crippen LogP contribution in [0.2, 0.25) is 0 Å². The minimum atomic E-state index is 0.0208. The van der Waals surface area contributed by atoms with Crippen LogP contribution < -0.4 is 5.32 Å². The lowest BCUT2D eigenvalue weighted by molar-refractivity contribution is 0.0684. The first-order chi connectivity index (χ1) is 10.3. The zero-order valence-corrected chi connectivity index (χ0v) is 12.7. The van der Waals surface area contributed by atoms with Crippen LogP contribution in [0.5, 0.6) is 0 Å². The van der Waals surface area contributed by atoms with Gasteiger partial charge in [0.2, 0.25) is 0 Å². The summed E-state index contributed by atoms with van der Waals surface area (Å²) in [6.07, 6.45) is 5.37. The fourth-order valence-electron chi connectivity index (χ4n) is 2.51. The lowest BCUT2D eigenvalue weighted by atomic mass is 10.1. The first-order valence-electron chi connectivity index (χ1n) is 7.12. The Bertz CT molecular complexity index is 588. The van der Waals surface area contributed by atoms with Crippen LogP contribution in [0.3, 0.4) is 0 Å². The molecular weight excluding hydrogens is 288 g/mol. The molecule has 1 amide bonds. The van der Waals surface area contributed by atoms with E-state index in [1.165, 1.54) is 11.3 Å². The Balaban J connectivity index is 1.59. The maximum absolute atomic E-state index is 12.4. The van der Waals surface area contributed by atoms with Crippen molar-refractivity contribution in [3.05, 3.63) is 23.5 Å². The lowest BCUT2D eigenvalue weighted by Gasteiger charge is -2.31. The number of anilines is 1. The summed E-state index contributed by atoms with van der Waals surface area (Å²) in [6.45, 7) is 4.29. The lowest BCUT2D eigenvalue weighted by Crippen LogP contribution is -2.39. The third kappa shape index (κ3) is 3.05. The smallest absolute Gasteiger partial charge is 0.273 e. The Labute approximate surface area is 127 Å². The molecule has 1 aliphatic heterocycles. The molecule has 8 heteroatoms. The molecule has 2 aromatic rings. The highest BCUT2D eigenvalue weighted by atomic mass is 32.1. The van der Waals surface area contributed by atoms with E-state index in [0.717, 1.165) is 37.6 Å². The summed E-state index contributed by atoms with van der Waals surface area (Å²) < 4.78 is 1.88. The van der Waals surface area contributed by atoms with Gasteiger partial charge in [-0.2, -0.15) is 0 Å². The Kier molecular flexibility index (Phi) is 4.14. The van der Waals surface area contributed by atoms with Gasteiger partial charge in [0.05, 0.1) is 12.2 Å². The van der Waals surface area contributed by atoms with Crippen molar-refractivity contribution in [3.63, 3.8) is 0 Å². The number of hydrogen-bond acceptors (Lipinski definition) is 6. The van der Waals surface area contributed by atoms with E-state index < -0.39 is 0 Å². The Morgan fingerprint density at radius 1 is 1.48 bits per heavy atom. The normalized spacial score (nSPS) is 16.1. The van der Waals surface area contributed by atoms with Gasteiger partial charge in [-0.25, -0.2) is 9.67 Å². The molecule has 21 heavy (non-hydrogen) atoms.